The number of nitrogens with one attached hydrogen (secondary N) is 1. The van der Waals surface area contributed by atoms with Crippen molar-refractivity contribution < 1.29 is 0 Å². The third kappa shape index (κ3) is 3.82. The zero-order valence-electron chi connectivity index (χ0n) is 14.7. The number of rotatable bonds is 5. The van der Waals surface area contributed by atoms with Gasteiger partial charge >= 0.3 is 0 Å². The van der Waals surface area contributed by atoms with Gasteiger partial charge < -0.3 is 11.1 Å². The van der Waals surface area contributed by atoms with Crippen molar-refractivity contribution in [3.05, 3.63) is 29.2 Å². The molecular weight excluding hydrogens is 334 g/mol. The Bertz CT molecular complexity index is 744. The van der Waals surface area contributed by atoms with E-state index < -0.39 is 0 Å². The first-order chi connectivity index (χ1) is 12.1. The molecule has 2 aromatic rings. The highest BCUT2D eigenvalue weighted by Gasteiger charge is 2.26. The molecule has 0 saturated heterocycles. The van der Waals surface area contributed by atoms with E-state index in [0.29, 0.717) is 17.1 Å². The van der Waals surface area contributed by atoms with Crippen LogP contribution in [0.4, 0.5) is 5.82 Å². The van der Waals surface area contributed by atoms with Crippen LogP contribution < -0.4 is 11.1 Å². The molecule has 4 rings (SSSR count). The van der Waals surface area contributed by atoms with Crippen LogP contribution in [0.15, 0.2) is 18.5 Å². The lowest BCUT2D eigenvalue weighted by Gasteiger charge is -2.27. The van der Waals surface area contributed by atoms with E-state index in [1.54, 1.807) is 6.20 Å². The number of anilines is 1. The van der Waals surface area contributed by atoms with Crippen molar-refractivity contribution in [1.29, 1.82) is 0 Å². The summed E-state index contributed by atoms with van der Waals surface area (Å²) in [6.45, 7) is 0. The molecule has 2 aliphatic carbocycles. The van der Waals surface area contributed by atoms with Crippen LogP contribution in [0, 0.1) is 5.92 Å². The molecule has 5 nitrogen and oxygen atoms in total. The van der Waals surface area contributed by atoms with Gasteiger partial charge in [-0.05, 0) is 56.9 Å². The van der Waals surface area contributed by atoms with Gasteiger partial charge in [-0.2, -0.15) is 5.10 Å². The Morgan fingerprint density at radius 1 is 1.16 bits per heavy atom. The Balaban J connectivity index is 1.57. The molecule has 2 aromatic heterocycles. The minimum absolute atomic E-state index is 0.354. The second kappa shape index (κ2) is 6.96. The molecule has 3 N–H and O–H groups in total. The summed E-state index contributed by atoms with van der Waals surface area (Å²) in [6.07, 6.45) is 11.8. The fourth-order valence-corrected chi connectivity index (χ4v) is 3.93. The van der Waals surface area contributed by atoms with E-state index >= 15 is 0 Å². The van der Waals surface area contributed by atoms with Crippen LogP contribution in [0.25, 0.3) is 11.1 Å². The molecule has 6 heteroatoms. The fraction of sp³-hybridized carbons (Fsp3) is 0.579. The third-order valence-corrected chi connectivity index (χ3v) is 5.81. The van der Waals surface area contributed by atoms with Crippen molar-refractivity contribution in [3.63, 3.8) is 0 Å². The van der Waals surface area contributed by atoms with Gasteiger partial charge in [0.15, 0.2) is 0 Å². The molecule has 134 valence electrons. The van der Waals surface area contributed by atoms with E-state index in [2.05, 4.69) is 21.5 Å². The number of hydrogen-bond acceptors (Lipinski definition) is 4. The van der Waals surface area contributed by atoms with Crippen molar-refractivity contribution in [1.82, 2.24) is 14.8 Å². The summed E-state index contributed by atoms with van der Waals surface area (Å²) in [5.74, 6) is 1.69. The standard InChI is InChI=1S/C19H26ClN5/c1-25-18(8-12-2-3-12)16(10-23-25)15-9-19(22-11-17(15)20)24-14-6-4-13(21)5-7-14/h9-14H,2-8,21H2,1H3,(H,22,24). The molecule has 0 amide bonds. The van der Waals surface area contributed by atoms with Gasteiger partial charge in [0.2, 0.25) is 0 Å². The van der Waals surface area contributed by atoms with Crippen LogP contribution in [0.3, 0.4) is 0 Å². The molecule has 0 aromatic carbocycles. The predicted molar refractivity (Wildman–Crippen MR) is 102 cm³/mol. The second-order valence-electron chi connectivity index (χ2n) is 7.58. The lowest BCUT2D eigenvalue weighted by atomic mass is 9.92. The average Bonchev–Trinajstić information content (AvgIpc) is 3.35. The molecular formula is C19H26ClN5. The minimum Gasteiger partial charge on any atom is -0.367 e. The summed E-state index contributed by atoms with van der Waals surface area (Å²) in [5, 5.41) is 8.72. The number of nitrogens with two attached hydrogens (primary N) is 1. The van der Waals surface area contributed by atoms with Crippen LogP contribution >= 0.6 is 11.6 Å². The normalized spacial score (nSPS) is 23.6. The van der Waals surface area contributed by atoms with E-state index in [1.165, 1.54) is 18.5 Å². The Morgan fingerprint density at radius 3 is 2.64 bits per heavy atom. The summed E-state index contributed by atoms with van der Waals surface area (Å²) in [7, 11) is 2.01. The number of nitrogens with zero attached hydrogens (tertiary/aromatic N) is 3. The van der Waals surface area contributed by atoms with Crippen molar-refractivity contribution in [2.45, 2.75) is 57.0 Å². The molecule has 2 saturated carbocycles. The highest BCUT2D eigenvalue weighted by atomic mass is 35.5. The topological polar surface area (TPSA) is 68.8 Å². The molecule has 2 fully saturated rings. The van der Waals surface area contributed by atoms with Gasteiger partial charge in [-0.15, -0.1) is 0 Å². The Morgan fingerprint density at radius 2 is 1.92 bits per heavy atom. The maximum Gasteiger partial charge on any atom is 0.126 e. The van der Waals surface area contributed by atoms with Crippen LogP contribution in [0.1, 0.15) is 44.2 Å². The Labute approximate surface area is 154 Å². The van der Waals surface area contributed by atoms with Crippen molar-refractivity contribution >= 4 is 17.4 Å². The van der Waals surface area contributed by atoms with Crippen LogP contribution in [-0.2, 0) is 13.5 Å². The first-order valence-corrected chi connectivity index (χ1v) is 9.67. The zero-order chi connectivity index (χ0) is 17.4. The lowest BCUT2D eigenvalue weighted by Crippen LogP contribution is -2.33. The summed E-state index contributed by atoms with van der Waals surface area (Å²) in [5.41, 5.74) is 9.43. The van der Waals surface area contributed by atoms with Gasteiger partial charge in [-0.1, -0.05) is 11.6 Å². The molecule has 0 bridgehead atoms. The summed E-state index contributed by atoms with van der Waals surface area (Å²) >= 11 is 6.48. The van der Waals surface area contributed by atoms with Gasteiger partial charge in [0.05, 0.1) is 11.2 Å². The maximum absolute atomic E-state index is 6.48. The molecule has 2 aliphatic rings. The van der Waals surface area contributed by atoms with Crippen molar-refractivity contribution in [2.24, 2.45) is 18.7 Å². The van der Waals surface area contributed by atoms with Crippen LogP contribution in [-0.4, -0.2) is 26.8 Å². The van der Waals surface area contributed by atoms with Crippen molar-refractivity contribution in [3.8, 4) is 11.1 Å². The highest BCUT2D eigenvalue weighted by Crippen LogP contribution is 2.38. The van der Waals surface area contributed by atoms with E-state index in [-0.39, 0.29) is 0 Å². The number of aromatic nitrogens is 3. The molecule has 0 aliphatic heterocycles. The van der Waals surface area contributed by atoms with Gasteiger partial charge in [0.1, 0.15) is 5.82 Å². The molecule has 0 unspecified atom stereocenters. The number of halogens is 1. The third-order valence-electron chi connectivity index (χ3n) is 5.51. The smallest absolute Gasteiger partial charge is 0.126 e. The second-order valence-corrected chi connectivity index (χ2v) is 7.99. The van der Waals surface area contributed by atoms with E-state index in [0.717, 1.165) is 55.0 Å². The van der Waals surface area contributed by atoms with Crippen molar-refractivity contribution in [2.75, 3.05) is 5.32 Å². The first kappa shape index (κ1) is 16.9. The number of aryl methyl sites for hydroxylation is 1. The average molecular weight is 360 g/mol. The van der Waals surface area contributed by atoms with E-state index in [1.807, 2.05) is 17.9 Å². The summed E-state index contributed by atoms with van der Waals surface area (Å²) in [4.78, 5) is 4.49. The largest absolute Gasteiger partial charge is 0.367 e. The van der Waals surface area contributed by atoms with Crippen LogP contribution in [0.2, 0.25) is 5.02 Å². The van der Waals surface area contributed by atoms with Gasteiger partial charge in [-0.25, -0.2) is 4.98 Å². The van der Waals surface area contributed by atoms with Gasteiger partial charge in [0, 0.05) is 42.1 Å². The minimum atomic E-state index is 0.354. The molecule has 0 radical (unpaired) electrons. The summed E-state index contributed by atoms with van der Waals surface area (Å²) in [6, 6.07) is 2.87. The lowest BCUT2D eigenvalue weighted by molar-refractivity contribution is 0.410. The summed E-state index contributed by atoms with van der Waals surface area (Å²) < 4.78 is 1.99. The van der Waals surface area contributed by atoms with Crippen LogP contribution in [0.5, 0.6) is 0 Å². The SMILES string of the molecule is Cn1ncc(-c2cc(NC3CCC(N)CC3)ncc2Cl)c1CC1CC1. The number of pyridine rings is 1. The van der Waals surface area contributed by atoms with Gasteiger partial charge in [0.25, 0.3) is 0 Å². The maximum atomic E-state index is 6.48. The molecule has 25 heavy (non-hydrogen) atoms. The Kier molecular flexibility index (Phi) is 4.69. The zero-order valence-corrected chi connectivity index (χ0v) is 15.5. The Hall–Kier alpha value is -1.59. The fourth-order valence-electron chi connectivity index (χ4n) is 3.72. The monoisotopic (exact) mass is 359 g/mol. The quantitative estimate of drug-likeness (QED) is 0.852. The number of hydrogen-bond donors (Lipinski definition) is 2. The molecule has 0 spiro atoms. The molecule has 2 heterocycles. The first-order valence-electron chi connectivity index (χ1n) is 9.29. The molecule has 0 atom stereocenters. The van der Waals surface area contributed by atoms with Gasteiger partial charge in [-0.3, -0.25) is 4.68 Å². The highest BCUT2D eigenvalue weighted by molar-refractivity contribution is 6.33. The van der Waals surface area contributed by atoms with E-state index in [4.69, 9.17) is 17.3 Å². The van der Waals surface area contributed by atoms with E-state index in [9.17, 15) is 0 Å². The predicted octanol–water partition coefficient (Wildman–Crippen LogP) is 3.77.